The van der Waals surface area contributed by atoms with Gasteiger partial charge in [-0.1, -0.05) is 48.5 Å². The fourth-order valence-electron chi connectivity index (χ4n) is 3.50. The van der Waals surface area contributed by atoms with Crippen molar-refractivity contribution in [2.24, 2.45) is 0 Å². The Morgan fingerprint density at radius 1 is 1.12 bits per heavy atom. The number of anilines is 2. The number of rotatable bonds is 10. The minimum atomic E-state index is -0.646. The number of nitrogens with zero attached hydrogens (tertiary/aromatic N) is 3. The van der Waals surface area contributed by atoms with E-state index in [9.17, 15) is 19.7 Å². The van der Waals surface area contributed by atoms with Gasteiger partial charge in [0.25, 0.3) is 11.2 Å². The van der Waals surface area contributed by atoms with Gasteiger partial charge in [-0.2, -0.15) is 0 Å². The number of nitrogens with one attached hydrogen (secondary N) is 1. The van der Waals surface area contributed by atoms with E-state index in [2.05, 4.69) is 4.98 Å². The van der Waals surface area contributed by atoms with E-state index in [-0.39, 0.29) is 30.3 Å². The maximum Gasteiger partial charge on any atom is 0.330 e. The van der Waals surface area contributed by atoms with Gasteiger partial charge < -0.3 is 15.4 Å². The molecule has 3 rings (SSSR count). The van der Waals surface area contributed by atoms with Gasteiger partial charge in [-0.3, -0.25) is 24.5 Å². The van der Waals surface area contributed by atoms with E-state index in [4.69, 9.17) is 10.5 Å². The number of para-hydroxylation sites is 1. The Morgan fingerprint density at radius 2 is 1.81 bits per heavy atom. The van der Waals surface area contributed by atoms with Gasteiger partial charge in [0.15, 0.2) is 0 Å². The first kappa shape index (κ1) is 22.8. The van der Waals surface area contributed by atoms with E-state index < -0.39 is 16.2 Å². The number of aromatic nitrogens is 2. The van der Waals surface area contributed by atoms with Crippen LogP contribution in [0.4, 0.5) is 17.2 Å². The summed E-state index contributed by atoms with van der Waals surface area (Å²) in [4.78, 5) is 40.3. The molecule has 2 aromatic carbocycles. The van der Waals surface area contributed by atoms with Crippen LogP contribution in [0.1, 0.15) is 17.5 Å². The molecule has 3 aromatic rings. The lowest BCUT2D eigenvalue weighted by Crippen LogP contribution is -2.39. The number of H-pyrrole nitrogens is 1. The van der Waals surface area contributed by atoms with Crippen molar-refractivity contribution in [1.29, 1.82) is 0 Å². The highest BCUT2D eigenvalue weighted by Gasteiger charge is 2.22. The molecule has 0 unspecified atom stereocenters. The molecule has 3 N–H and O–H groups in total. The second kappa shape index (κ2) is 10.4. The summed E-state index contributed by atoms with van der Waals surface area (Å²) >= 11 is 0. The van der Waals surface area contributed by atoms with Crippen LogP contribution in [0.15, 0.2) is 64.2 Å². The van der Waals surface area contributed by atoms with Crippen molar-refractivity contribution >= 4 is 17.2 Å². The minimum absolute atomic E-state index is 0.00129. The van der Waals surface area contributed by atoms with E-state index >= 15 is 0 Å². The maximum absolute atomic E-state index is 12.8. The zero-order valence-electron chi connectivity index (χ0n) is 17.7. The topological polar surface area (TPSA) is 136 Å². The number of benzene rings is 2. The van der Waals surface area contributed by atoms with Crippen molar-refractivity contribution < 1.29 is 9.66 Å². The predicted octanol–water partition coefficient (Wildman–Crippen LogP) is 2.12. The number of methoxy groups -OCH3 is 1. The molecule has 168 valence electrons. The molecule has 0 aliphatic heterocycles. The van der Waals surface area contributed by atoms with Crippen LogP contribution >= 0.6 is 0 Å². The highest BCUT2D eigenvalue weighted by molar-refractivity contribution is 5.63. The standard InChI is InChI=1S/C22H25N5O5/c1-32-13-7-12-25(15-17-10-5-6-11-18(17)27(30)31)19-20(23)26(22(29)24-21(19)28)14-16-8-3-2-4-9-16/h2-6,8-11H,7,12-15,23H2,1H3,(H,24,28,29). The zero-order valence-corrected chi connectivity index (χ0v) is 17.7. The molecule has 10 nitrogen and oxygen atoms in total. The van der Waals surface area contributed by atoms with Crippen molar-refractivity contribution in [3.63, 3.8) is 0 Å². The minimum Gasteiger partial charge on any atom is -0.385 e. The van der Waals surface area contributed by atoms with Gasteiger partial charge >= 0.3 is 5.69 Å². The van der Waals surface area contributed by atoms with Crippen LogP contribution in [0.2, 0.25) is 0 Å². The molecule has 32 heavy (non-hydrogen) atoms. The summed E-state index contributed by atoms with van der Waals surface area (Å²) in [5.74, 6) is -0.00129. The number of ether oxygens (including phenoxy) is 1. The number of nitro benzene ring substituents is 1. The van der Waals surface area contributed by atoms with Crippen LogP contribution in [0.5, 0.6) is 0 Å². The third-order valence-electron chi connectivity index (χ3n) is 5.04. The van der Waals surface area contributed by atoms with E-state index in [1.165, 1.54) is 10.6 Å². The van der Waals surface area contributed by atoms with Gasteiger partial charge in [0.2, 0.25) is 0 Å². The second-order valence-corrected chi connectivity index (χ2v) is 7.22. The number of hydrogen-bond acceptors (Lipinski definition) is 7. The average molecular weight is 439 g/mol. The maximum atomic E-state index is 12.8. The van der Waals surface area contributed by atoms with Gasteiger partial charge in [-0.05, 0) is 12.0 Å². The molecule has 0 saturated carbocycles. The number of nitrogens with two attached hydrogens (primary N) is 1. The number of hydrogen-bond donors (Lipinski definition) is 2. The molecule has 1 heterocycles. The van der Waals surface area contributed by atoms with E-state index in [1.807, 2.05) is 30.3 Å². The lowest BCUT2D eigenvalue weighted by Gasteiger charge is -2.26. The third kappa shape index (κ3) is 5.22. The largest absolute Gasteiger partial charge is 0.385 e. The van der Waals surface area contributed by atoms with Crippen molar-refractivity contribution in [1.82, 2.24) is 9.55 Å². The Hall–Kier alpha value is -3.92. The van der Waals surface area contributed by atoms with Gasteiger partial charge in [-0.25, -0.2) is 4.79 Å². The quantitative estimate of drug-likeness (QED) is 0.280. The van der Waals surface area contributed by atoms with Crippen LogP contribution in [-0.2, 0) is 17.8 Å². The smallest absolute Gasteiger partial charge is 0.330 e. The second-order valence-electron chi connectivity index (χ2n) is 7.22. The molecular formula is C22H25N5O5. The van der Waals surface area contributed by atoms with Crippen LogP contribution in [0, 0.1) is 10.1 Å². The molecule has 0 atom stereocenters. The molecule has 0 amide bonds. The van der Waals surface area contributed by atoms with Crippen LogP contribution in [-0.4, -0.2) is 34.7 Å². The molecule has 0 bridgehead atoms. The molecule has 1 aromatic heterocycles. The summed E-state index contributed by atoms with van der Waals surface area (Å²) < 4.78 is 6.40. The van der Waals surface area contributed by atoms with Crippen LogP contribution in [0.3, 0.4) is 0 Å². The van der Waals surface area contributed by atoms with Crippen molar-refractivity contribution in [3.8, 4) is 0 Å². The molecule has 0 fully saturated rings. The molecule has 0 aliphatic carbocycles. The molecule has 0 aliphatic rings. The summed E-state index contributed by atoms with van der Waals surface area (Å²) in [5.41, 5.74) is 6.35. The lowest BCUT2D eigenvalue weighted by atomic mass is 10.1. The SMILES string of the molecule is COCCCN(Cc1ccccc1[N+](=O)[O-])c1c(N)n(Cc2ccccc2)c(=O)[nH]c1=O. The Labute approximate surface area is 184 Å². The zero-order chi connectivity index (χ0) is 23.1. The summed E-state index contributed by atoms with van der Waals surface area (Å²) in [6.45, 7) is 1.01. The first-order chi connectivity index (χ1) is 15.4. The summed E-state index contributed by atoms with van der Waals surface area (Å²) in [6, 6.07) is 15.6. The van der Waals surface area contributed by atoms with E-state index in [0.717, 1.165) is 5.56 Å². The van der Waals surface area contributed by atoms with Crippen molar-refractivity contribution in [2.45, 2.75) is 19.5 Å². The van der Waals surface area contributed by atoms with Gasteiger partial charge in [-0.15, -0.1) is 0 Å². The van der Waals surface area contributed by atoms with Crippen molar-refractivity contribution in [2.75, 3.05) is 30.9 Å². The fourth-order valence-corrected chi connectivity index (χ4v) is 3.50. The average Bonchev–Trinajstić information content (AvgIpc) is 2.77. The van der Waals surface area contributed by atoms with E-state index in [0.29, 0.717) is 25.1 Å². The monoisotopic (exact) mass is 439 g/mol. The van der Waals surface area contributed by atoms with Gasteiger partial charge in [0.05, 0.1) is 18.0 Å². The first-order valence-corrected chi connectivity index (χ1v) is 10.0. The van der Waals surface area contributed by atoms with Crippen LogP contribution in [0.25, 0.3) is 0 Å². The first-order valence-electron chi connectivity index (χ1n) is 10.0. The summed E-state index contributed by atoms with van der Waals surface area (Å²) in [6.07, 6.45) is 0.549. The Kier molecular flexibility index (Phi) is 7.40. The highest BCUT2D eigenvalue weighted by atomic mass is 16.6. The Morgan fingerprint density at radius 3 is 2.50 bits per heavy atom. The van der Waals surface area contributed by atoms with Crippen molar-refractivity contribution in [3.05, 3.63) is 96.7 Å². The lowest BCUT2D eigenvalue weighted by molar-refractivity contribution is -0.385. The van der Waals surface area contributed by atoms with E-state index in [1.54, 1.807) is 30.2 Å². The molecule has 0 radical (unpaired) electrons. The molecule has 0 saturated heterocycles. The van der Waals surface area contributed by atoms with Gasteiger partial charge in [0.1, 0.15) is 11.5 Å². The molecule has 0 spiro atoms. The summed E-state index contributed by atoms with van der Waals surface area (Å²) in [7, 11) is 1.56. The Balaban J connectivity index is 2.06. The predicted molar refractivity (Wildman–Crippen MR) is 122 cm³/mol. The molecular weight excluding hydrogens is 414 g/mol. The number of nitro groups is 1. The summed E-state index contributed by atoms with van der Waals surface area (Å²) in [5, 5.41) is 11.5. The highest BCUT2D eigenvalue weighted by Crippen LogP contribution is 2.24. The third-order valence-corrected chi connectivity index (χ3v) is 5.04. The van der Waals surface area contributed by atoms with Gasteiger partial charge in [0, 0.05) is 31.9 Å². The fraction of sp³-hybridized carbons (Fsp3) is 0.273. The normalized spacial score (nSPS) is 10.8. The number of aromatic amines is 1. The molecule has 10 heteroatoms. The Bertz CT molecular complexity index is 1190. The van der Waals surface area contributed by atoms with Crippen LogP contribution < -0.4 is 21.9 Å². The number of nitrogen functional groups attached to an aromatic ring is 1.